The molecule has 0 bridgehead atoms. The normalized spacial score (nSPS) is 14.9. The Bertz CT molecular complexity index is 2390. The van der Waals surface area contributed by atoms with E-state index in [1.165, 1.54) is 132 Å². The van der Waals surface area contributed by atoms with E-state index >= 15 is 0 Å². The van der Waals surface area contributed by atoms with E-state index in [1.54, 1.807) is 48.7 Å². The van der Waals surface area contributed by atoms with E-state index in [0.717, 1.165) is 43.9 Å². The number of carbonyl (C=O) groups excluding carboxylic acids is 2. The third kappa shape index (κ3) is 25.3. The molecule has 0 aliphatic carbocycles. The predicted octanol–water partition coefficient (Wildman–Crippen LogP) is 13.3. The molecule has 2 aromatic heterocycles. The van der Waals surface area contributed by atoms with Crippen LogP contribution in [0, 0.1) is 0 Å². The highest BCUT2D eigenvalue weighted by molar-refractivity contribution is 6.32. The molecule has 0 saturated carbocycles. The maximum Gasteiger partial charge on any atom is 0.387 e. The van der Waals surface area contributed by atoms with Crippen LogP contribution < -0.4 is 42.2 Å². The summed E-state index contributed by atoms with van der Waals surface area (Å²) in [6, 6.07) is 19.9. The van der Waals surface area contributed by atoms with Gasteiger partial charge in [-0.1, -0.05) is 139 Å². The van der Waals surface area contributed by atoms with Crippen LogP contribution in [0.4, 0.5) is 20.2 Å². The second-order valence-electron chi connectivity index (χ2n) is 18.9. The number of amides is 2. The van der Waals surface area contributed by atoms with Gasteiger partial charge in [-0.2, -0.15) is 13.9 Å². The molecule has 2 amide bonds. The molecule has 2 fully saturated rings. The first kappa shape index (κ1) is 65.3. The molecular formula is C59H85Cl2F2N9O6. The predicted molar refractivity (Wildman–Crippen MR) is 311 cm³/mol. The third-order valence-electron chi connectivity index (χ3n) is 12.6. The van der Waals surface area contributed by atoms with E-state index in [9.17, 15) is 18.4 Å². The molecule has 3 aromatic carbocycles. The molecule has 78 heavy (non-hydrogen) atoms. The van der Waals surface area contributed by atoms with Crippen LogP contribution in [0.15, 0.2) is 91.4 Å². The Balaban J connectivity index is 0.000000248. The largest absolute Gasteiger partial charge is 0.478 e. The maximum atomic E-state index is 12.6. The number of halogens is 4. The number of aromatic nitrogens is 3. The van der Waals surface area contributed by atoms with Crippen LogP contribution >= 0.6 is 23.2 Å². The summed E-state index contributed by atoms with van der Waals surface area (Å²) in [5.74, 6) is -0.143. The van der Waals surface area contributed by atoms with E-state index in [1.807, 2.05) is 25.1 Å². The van der Waals surface area contributed by atoms with Crippen LogP contribution in [-0.2, 0) is 9.47 Å². The van der Waals surface area contributed by atoms with E-state index < -0.39 is 6.61 Å². The number of nitrogens with one attached hydrogen (secondary N) is 4. The molecule has 2 atom stereocenters. The zero-order valence-electron chi connectivity index (χ0n) is 46.0. The first-order valence-corrected chi connectivity index (χ1v) is 28.7. The lowest BCUT2D eigenvalue weighted by Crippen LogP contribution is -2.33. The molecule has 7 rings (SSSR count). The number of unbranched alkanes of at least 4 members (excludes halogenated alkanes) is 14. The number of anilines is 2. The minimum Gasteiger partial charge on any atom is -0.478 e. The molecule has 0 spiro atoms. The van der Waals surface area contributed by atoms with Crippen molar-refractivity contribution >= 4 is 46.4 Å². The van der Waals surface area contributed by atoms with Gasteiger partial charge in [-0.05, 0) is 87.5 Å². The topological polar surface area (TPSA) is 202 Å². The summed E-state index contributed by atoms with van der Waals surface area (Å²) in [6.45, 7) is 10.1. The Hall–Kier alpha value is -5.24. The number of hydrogen-bond acceptors (Lipinski definition) is 12. The highest BCUT2D eigenvalue weighted by atomic mass is 35.5. The van der Waals surface area contributed by atoms with Gasteiger partial charge < -0.3 is 51.7 Å². The fourth-order valence-electron chi connectivity index (χ4n) is 8.36. The van der Waals surface area contributed by atoms with E-state index in [-0.39, 0.29) is 29.8 Å². The summed E-state index contributed by atoms with van der Waals surface area (Å²) >= 11 is 12.8. The summed E-state index contributed by atoms with van der Waals surface area (Å²) in [5.41, 5.74) is 15.1. The molecule has 19 heteroatoms. The Morgan fingerprint density at radius 3 is 1.60 bits per heavy atom. The number of nitrogens with two attached hydrogens (primary N) is 2. The van der Waals surface area contributed by atoms with E-state index in [4.69, 9.17) is 48.9 Å². The molecule has 430 valence electrons. The quantitative estimate of drug-likeness (QED) is 0.0272. The molecule has 4 heterocycles. The van der Waals surface area contributed by atoms with Gasteiger partial charge in [0.1, 0.15) is 5.75 Å². The number of pyridine rings is 1. The van der Waals surface area contributed by atoms with Crippen molar-refractivity contribution in [1.29, 1.82) is 0 Å². The SMILES string of the molecule is CCCCCCCCCCN.CCCCCCCCCCN.CCOc1cc(C(=O)Nc2ccc([C@H]3CNCCO3)c(Cl)c2)ccn1.O=C(Nc1ccc([C@@H]2CNCCO2)c(Cl)c1)c1cnn(-c2ccc(OC(F)F)cc2)c1. The van der Waals surface area contributed by atoms with Crippen molar-refractivity contribution in [2.75, 3.05) is 69.7 Å². The molecule has 15 nitrogen and oxygen atoms in total. The average molecular weight is 1130 g/mol. The third-order valence-corrected chi connectivity index (χ3v) is 13.3. The fourth-order valence-corrected chi connectivity index (χ4v) is 8.97. The number of ether oxygens (including phenoxy) is 4. The smallest absolute Gasteiger partial charge is 0.387 e. The van der Waals surface area contributed by atoms with Crippen LogP contribution in [0.2, 0.25) is 10.0 Å². The first-order valence-electron chi connectivity index (χ1n) is 27.9. The van der Waals surface area contributed by atoms with Crippen molar-refractivity contribution in [2.24, 2.45) is 11.5 Å². The Morgan fingerprint density at radius 2 is 1.17 bits per heavy atom. The molecule has 2 aliphatic heterocycles. The summed E-state index contributed by atoms with van der Waals surface area (Å²) in [7, 11) is 0. The zero-order chi connectivity index (χ0) is 56.2. The first-order chi connectivity index (χ1) is 38.0. The van der Waals surface area contributed by atoms with Crippen molar-refractivity contribution < 1.29 is 37.3 Å². The van der Waals surface area contributed by atoms with Gasteiger partial charge in [-0.3, -0.25) is 9.59 Å². The van der Waals surface area contributed by atoms with Crippen LogP contribution in [0.1, 0.15) is 168 Å². The van der Waals surface area contributed by atoms with Gasteiger partial charge in [0.05, 0.1) is 49.5 Å². The fraction of sp³-hybridized carbons (Fsp3) is 0.525. The minimum absolute atomic E-state index is 0.0404. The Kier molecular flexibility index (Phi) is 32.8. The number of alkyl halides is 2. The van der Waals surface area contributed by atoms with Gasteiger partial charge >= 0.3 is 6.61 Å². The molecular weight excluding hydrogens is 1040 g/mol. The van der Waals surface area contributed by atoms with Crippen LogP contribution in [-0.4, -0.2) is 92.3 Å². The molecule has 0 unspecified atom stereocenters. The lowest BCUT2D eigenvalue weighted by atomic mass is 10.1. The van der Waals surface area contributed by atoms with Gasteiger partial charge in [-0.25, -0.2) is 9.67 Å². The number of morpholine rings is 2. The molecule has 0 radical (unpaired) electrons. The van der Waals surface area contributed by atoms with Gasteiger partial charge in [0.15, 0.2) is 0 Å². The van der Waals surface area contributed by atoms with Crippen molar-refractivity contribution in [1.82, 2.24) is 25.4 Å². The minimum atomic E-state index is -2.89. The van der Waals surface area contributed by atoms with E-state index in [0.29, 0.717) is 70.5 Å². The van der Waals surface area contributed by atoms with Crippen LogP contribution in [0.3, 0.4) is 0 Å². The standard InChI is InChI=1S/C21H19ClF2N4O3.C18H20ClN3O3.2C10H23N/c22-18-9-14(1-6-17(18)19-11-25-7-8-30-19)27-20(29)13-10-26-28(12-13)15-2-4-16(5-3-15)31-21(23)24;1-2-24-17-9-12(5-6-21-17)18(23)22-13-3-4-14(15(19)10-13)16-11-20-7-8-25-16;2*1-2-3-4-5-6-7-8-9-10-11/h1-6,9-10,12,19,21,25H,7-8,11H2,(H,27,29);3-6,9-10,16,20H,2,7-8,11H2,1H3,(H,22,23);2*2-11H2,1H3/t19-;16-;;/m01../s1. The lowest BCUT2D eigenvalue weighted by Gasteiger charge is -2.25. The van der Waals surface area contributed by atoms with Crippen molar-refractivity contribution in [3.05, 3.63) is 124 Å². The van der Waals surface area contributed by atoms with Gasteiger partial charge in [0, 0.05) is 82.7 Å². The zero-order valence-corrected chi connectivity index (χ0v) is 47.5. The van der Waals surface area contributed by atoms with Crippen LogP contribution in [0.5, 0.6) is 11.6 Å². The number of hydrogen-bond donors (Lipinski definition) is 6. The van der Waals surface area contributed by atoms with Crippen molar-refractivity contribution in [3.8, 4) is 17.3 Å². The van der Waals surface area contributed by atoms with Gasteiger partial charge in [-0.15, -0.1) is 0 Å². The summed E-state index contributed by atoms with van der Waals surface area (Å²) < 4.78 is 47.0. The van der Waals surface area contributed by atoms with Crippen molar-refractivity contribution in [2.45, 2.75) is 142 Å². The second-order valence-corrected chi connectivity index (χ2v) is 19.7. The molecule has 2 saturated heterocycles. The highest BCUT2D eigenvalue weighted by Crippen LogP contribution is 2.31. The second kappa shape index (κ2) is 39.2. The summed E-state index contributed by atoms with van der Waals surface area (Å²) in [5, 5.41) is 17.4. The van der Waals surface area contributed by atoms with Crippen LogP contribution in [0.25, 0.3) is 5.69 Å². The Labute approximate surface area is 471 Å². The van der Waals surface area contributed by atoms with E-state index in [2.05, 4.69) is 49.9 Å². The summed E-state index contributed by atoms with van der Waals surface area (Å²) in [6.07, 6.45) is 26.3. The maximum absolute atomic E-state index is 12.6. The monoisotopic (exact) mass is 1120 g/mol. The molecule has 2 aliphatic rings. The highest BCUT2D eigenvalue weighted by Gasteiger charge is 2.21. The number of carbonyl (C=O) groups is 2. The lowest BCUT2D eigenvalue weighted by molar-refractivity contribution is -0.0498. The average Bonchev–Trinajstić information content (AvgIpc) is 3.96. The Morgan fingerprint density at radius 1 is 0.679 bits per heavy atom. The number of rotatable bonds is 27. The van der Waals surface area contributed by atoms with Crippen molar-refractivity contribution in [3.63, 3.8) is 0 Å². The number of nitrogens with zero attached hydrogens (tertiary/aromatic N) is 3. The number of benzene rings is 3. The summed E-state index contributed by atoms with van der Waals surface area (Å²) in [4.78, 5) is 29.0. The molecule has 5 aromatic rings. The molecule has 8 N–H and O–H groups in total. The van der Waals surface area contributed by atoms with Gasteiger partial charge in [0.25, 0.3) is 11.8 Å². The van der Waals surface area contributed by atoms with Gasteiger partial charge in [0.2, 0.25) is 5.88 Å².